The maximum Gasteiger partial charge on any atom is 0.251 e. The van der Waals surface area contributed by atoms with Gasteiger partial charge in [0.25, 0.3) is 5.91 Å². The van der Waals surface area contributed by atoms with Crippen LogP contribution < -0.4 is 10.1 Å². The van der Waals surface area contributed by atoms with E-state index in [2.05, 4.69) is 10.3 Å². The smallest absolute Gasteiger partial charge is 0.251 e. The summed E-state index contributed by atoms with van der Waals surface area (Å²) >= 11 is 0. The van der Waals surface area contributed by atoms with Crippen LogP contribution in [0, 0.1) is 0 Å². The van der Waals surface area contributed by atoms with Gasteiger partial charge in [0.05, 0.1) is 13.7 Å². The van der Waals surface area contributed by atoms with Gasteiger partial charge in [-0.15, -0.1) is 0 Å². The summed E-state index contributed by atoms with van der Waals surface area (Å²) in [7, 11) is 1.61. The first kappa shape index (κ1) is 16.7. The maximum absolute atomic E-state index is 12.3. The highest BCUT2D eigenvalue weighted by atomic mass is 16.5. The van der Waals surface area contributed by atoms with E-state index in [1.165, 1.54) is 12.4 Å². The van der Waals surface area contributed by atoms with Gasteiger partial charge in [-0.05, 0) is 41.8 Å². The summed E-state index contributed by atoms with van der Waals surface area (Å²) in [5.74, 6) is 0.566. The van der Waals surface area contributed by atoms with Crippen LogP contribution in [0.5, 0.6) is 5.75 Å². The highest BCUT2D eigenvalue weighted by Crippen LogP contribution is 2.27. The summed E-state index contributed by atoms with van der Waals surface area (Å²) in [6, 6.07) is 8.53. The predicted octanol–water partition coefficient (Wildman–Crippen LogP) is 2.83. The number of carbonyl (C=O) groups excluding carboxylic acids is 2. The molecule has 0 atom stereocenters. The molecule has 1 aromatic carbocycles. The number of ether oxygens (including phenoxy) is 1. The van der Waals surface area contributed by atoms with E-state index < -0.39 is 0 Å². The van der Waals surface area contributed by atoms with Gasteiger partial charge in [-0.2, -0.15) is 0 Å². The fraction of sp³-hybridized carbons (Fsp3) is 0.278. The Morgan fingerprint density at radius 3 is 2.43 bits per heavy atom. The van der Waals surface area contributed by atoms with Crippen molar-refractivity contribution in [3.8, 4) is 5.75 Å². The molecule has 0 bridgehead atoms. The minimum atomic E-state index is -0.293. The number of pyridine rings is 1. The van der Waals surface area contributed by atoms with E-state index >= 15 is 0 Å². The molecule has 0 aliphatic heterocycles. The first-order valence-corrected chi connectivity index (χ1v) is 7.42. The lowest BCUT2D eigenvalue weighted by Crippen LogP contribution is -2.29. The lowest BCUT2D eigenvalue weighted by Gasteiger charge is -2.13. The normalized spacial score (nSPS) is 10.4. The van der Waals surface area contributed by atoms with Crippen molar-refractivity contribution in [2.75, 3.05) is 13.7 Å². The van der Waals surface area contributed by atoms with Crippen LogP contribution in [0.15, 0.2) is 42.7 Å². The van der Waals surface area contributed by atoms with Crippen LogP contribution in [-0.4, -0.2) is 30.3 Å². The molecule has 0 aliphatic rings. The van der Waals surface area contributed by atoms with Crippen LogP contribution in [0.2, 0.25) is 0 Å². The van der Waals surface area contributed by atoms with E-state index in [4.69, 9.17) is 4.74 Å². The van der Waals surface area contributed by atoms with E-state index in [1.807, 2.05) is 19.9 Å². The van der Waals surface area contributed by atoms with Gasteiger partial charge < -0.3 is 10.1 Å². The van der Waals surface area contributed by atoms with Gasteiger partial charge in [-0.1, -0.05) is 13.8 Å². The molecule has 0 aliphatic carbocycles. The minimum Gasteiger partial charge on any atom is -0.496 e. The van der Waals surface area contributed by atoms with Crippen molar-refractivity contribution in [1.82, 2.24) is 10.3 Å². The molecule has 0 unspecified atom stereocenters. The average Bonchev–Trinajstić information content (AvgIpc) is 2.59. The highest BCUT2D eigenvalue weighted by molar-refractivity contribution is 6.02. The quantitative estimate of drug-likeness (QED) is 0.833. The number of hydrogen-bond donors (Lipinski definition) is 1. The number of carbonyl (C=O) groups is 2. The van der Waals surface area contributed by atoms with Gasteiger partial charge in [0.2, 0.25) is 0 Å². The van der Waals surface area contributed by atoms with Crippen LogP contribution in [0.3, 0.4) is 0 Å². The van der Waals surface area contributed by atoms with Gasteiger partial charge >= 0.3 is 0 Å². The molecular formula is C18H20N2O3. The molecule has 120 valence electrons. The molecule has 0 spiro atoms. The van der Waals surface area contributed by atoms with Crippen LogP contribution in [0.1, 0.15) is 46.0 Å². The van der Waals surface area contributed by atoms with Crippen molar-refractivity contribution in [3.63, 3.8) is 0 Å². The number of aromatic nitrogens is 1. The topological polar surface area (TPSA) is 68.3 Å². The molecule has 1 N–H and O–H groups in total. The SMILES string of the molecule is COc1ccc(C(=O)CNC(=O)c2ccncc2)cc1C(C)C. The third-order valence-corrected chi connectivity index (χ3v) is 3.53. The molecule has 2 aromatic rings. The second-order valence-electron chi connectivity index (χ2n) is 5.45. The summed E-state index contributed by atoms with van der Waals surface area (Å²) < 4.78 is 5.31. The fourth-order valence-electron chi connectivity index (χ4n) is 2.23. The van der Waals surface area contributed by atoms with E-state index in [0.29, 0.717) is 11.1 Å². The molecule has 5 heteroatoms. The molecular weight excluding hydrogens is 292 g/mol. The van der Waals surface area contributed by atoms with E-state index in [1.54, 1.807) is 31.4 Å². The summed E-state index contributed by atoms with van der Waals surface area (Å²) in [6.07, 6.45) is 3.07. The number of rotatable bonds is 6. The van der Waals surface area contributed by atoms with Crippen LogP contribution in [0.25, 0.3) is 0 Å². The van der Waals surface area contributed by atoms with Gasteiger partial charge in [-0.3, -0.25) is 14.6 Å². The average molecular weight is 312 g/mol. The summed E-state index contributed by atoms with van der Waals surface area (Å²) in [6.45, 7) is 4.03. The van der Waals surface area contributed by atoms with Crippen molar-refractivity contribution < 1.29 is 14.3 Å². The zero-order chi connectivity index (χ0) is 16.8. The molecule has 23 heavy (non-hydrogen) atoms. The monoisotopic (exact) mass is 312 g/mol. The van der Waals surface area contributed by atoms with Crippen molar-refractivity contribution in [2.24, 2.45) is 0 Å². The maximum atomic E-state index is 12.3. The Bertz CT molecular complexity index is 697. The lowest BCUT2D eigenvalue weighted by molar-refractivity contribution is 0.0904. The third kappa shape index (κ3) is 4.16. The fourth-order valence-corrected chi connectivity index (χ4v) is 2.23. The molecule has 2 rings (SSSR count). The zero-order valence-electron chi connectivity index (χ0n) is 13.5. The Kier molecular flexibility index (Phi) is 5.46. The molecule has 5 nitrogen and oxygen atoms in total. The number of benzene rings is 1. The largest absolute Gasteiger partial charge is 0.496 e. The minimum absolute atomic E-state index is 0.0506. The standard InChI is InChI=1S/C18H20N2O3/c1-12(2)15-10-14(4-5-17(15)23-3)16(21)11-20-18(22)13-6-8-19-9-7-13/h4-10,12H,11H2,1-3H3,(H,20,22). The van der Waals surface area contributed by atoms with Crippen molar-refractivity contribution in [3.05, 3.63) is 59.4 Å². The number of methoxy groups -OCH3 is 1. The molecule has 1 amide bonds. The highest BCUT2D eigenvalue weighted by Gasteiger charge is 2.14. The number of nitrogens with one attached hydrogen (secondary N) is 1. The number of hydrogen-bond acceptors (Lipinski definition) is 4. The second-order valence-corrected chi connectivity index (χ2v) is 5.45. The number of Topliss-reactive ketones (excluding diaryl/α,β-unsaturated/α-hetero) is 1. The van der Waals surface area contributed by atoms with E-state index in [-0.39, 0.29) is 24.2 Å². The summed E-state index contributed by atoms with van der Waals surface area (Å²) in [5, 5.41) is 2.63. The predicted molar refractivity (Wildman–Crippen MR) is 88.0 cm³/mol. The molecule has 0 saturated heterocycles. The van der Waals surface area contributed by atoms with E-state index in [9.17, 15) is 9.59 Å². The van der Waals surface area contributed by atoms with Crippen molar-refractivity contribution in [1.29, 1.82) is 0 Å². The van der Waals surface area contributed by atoms with Crippen molar-refractivity contribution in [2.45, 2.75) is 19.8 Å². The number of amides is 1. The Balaban J connectivity index is 2.06. The summed E-state index contributed by atoms with van der Waals surface area (Å²) in [5.41, 5.74) is 2.01. The van der Waals surface area contributed by atoms with Gasteiger partial charge in [0.15, 0.2) is 5.78 Å². The molecule has 1 heterocycles. The number of ketones is 1. The van der Waals surface area contributed by atoms with Crippen molar-refractivity contribution >= 4 is 11.7 Å². The molecule has 0 radical (unpaired) electrons. The van der Waals surface area contributed by atoms with Crippen LogP contribution in [-0.2, 0) is 0 Å². The third-order valence-electron chi connectivity index (χ3n) is 3.53. The first-order valence-electron chi connectivity index (χ1n) is 7.42. The first-order chi connectivity index (χ1) is 11.0. The Hall–Kier alpha value is -2.69. The Morgan fingerprint density at radius 2 is 1.83 bits per heavy atom. The second kappa shape index (κ2) is 7.54. The van der Waals surface area contributed by atoms with E-state index in [0.717, 1.165) is 11.3 Å². The molecule has 0 fully saturated rings. The van der Waals surface area contributed by atoms with Gasteiger partial charge in [0, 0.05) is 23.5 Å². The Labute approximate surface area is 135 Å². The van der Waals surface area contributed by atoms with Crippen LogP contribution in [0.4, 0.5) is 0 Å². The molecule has 1 aromatic heterocycles. The number of nitrogens with zero attached hydrogens (tertiary/aromatic N) is 1. The summed E-state index contributed by atoms with van der Waals surface area (Å²) in [4.78, 5) is 28.1. The lowest BCUT2D eigenvalue weighted by atomic mass is 9.98. The van der Waals surface area contributed by atoms with Gasteiger partial charge in [-0.25, -0.2) is 0 Å². The van der Waals surface area contributed by atoms with Crippen LogP contribution >= 0.6 is 0 Å². The Morgan fingerprint density at radius 1 is 1.13 bits per heavy atom. The molecule has 0 saturated carbocycles. The van der Waals surface area contributed by atoms with Gasteiger partial charge in [0.1, 0.15) is 5.75 Å². The zero-order valence-corrected chi connectivity index (χ0v) is 13.5.